The van der Waals surface area contributed by atoms with Gasteiger partial charge in [-0.25, -0.2) is 0 Å². The third-order valence-electron chi connectivity index (χ3n) is 4.15. The first kappa shape index (κ1) is 11.0. The summed E-state index contributed by atoms with van der Waals surface area (Å²) in [5, 5.41) is 18.2. The Morgan fingerprint density at radius 3 is 1.57 bits per heavy atom. The number of carboxylic acid groups (broad SMARTS) is 2. The summed E-state index contributed by atoms with van der Waals surface area (Å²) in [5.41, 5.74) is -2.81. The molecule has 0 radical (unpaired) electrons. The highest BCUT2D eigenvalue weighted by Crippen LogP contribution is 2.67. The largest absolute Gasteiger partial charge is 0.481 e. The maximum Gasteiger partial charge on any atom is 0.311 e. The van der Waals surface area contributed by atoms with Gasteiger partial charge in [0.2, 0.25) is 0 Å². The molecule has 1 saturated carbocycles. The van der Waals surface area contributed by atoms with E-state index in [0.717, 1.165) is 0 Å². The van der Waals surface area contributed by atoms with Crippen molar-refractivity contribution in [1.29, 1.82) is 0 Å². The van der Waals surface area contributed by atoms with Crippen LogP contribution in [0, 0.1) is 16.2 Å². The van der Waals surface area contributed by atoms with E-state index in [4.69, 9.17) is 10.2 Å². The molecule has 1 fully saturated rings. The zero-order valence-corrected chi connectivity index (χ0v) is 8.92. The first-order valence-electron chi connectivity index (χ1n) is 4.56. The van der Waals surface area contributed by atoms with Crippen molar-refractivity contribution in [3.63, 3.8) is 0 Å². The molecule has 0 aromatic carbocycles. The molecule has 0 aliphatic heterocycles. The van der Waals surface area contributed by atoms with Crippen LogP contribution in [-0.2, 0) is 9.59 Å². The van der Waals surface area contributed by atoms with Crippen molar-refractivity contribution in [1.82, 2.24) is 0 Å². The van der Waals surface area contributed by atoms with E-state index >= 15 is 0 Å². The van der Waals surface area contributed by atoms with Crippen LogP contribution in [-0.4, -0.2) is 22.2 Å². The molecular weight excluding hydrogens is 184 g/mol. The zero-order valence-electron chi connectivity index (χ0n) is 8.92. The van der Waals surface area contributed by atoms with Gasteiger partial charge < -0.3 is 10.2 Å². The lowest BCUT2D eigenvalue weighted by Crippen LogP contribution is -2.67. The molecule has 2 unspecified atom stereocenters. The number of aliphatic carboxylic acids is 2. The lowest BCUT2D eigenvalue weighted by molar-refractivity contribution is -0.220. The van der Waals surface area contributed by atoms with E-state index in [-0.39, 0.29) is 0 Å². The topological polar surface area (TPSA) is 74.6 Å². The molecule has 0 heterocycles. The van der Waals surface area contributed by atoms with E-state index in [0.29, 0.717) is 6.42 Å². The van der Waals surface area contributed by atoms with Crippen molar-refractivity contribution in [2.24, 2.45) is 16.2 Å². The molecule has 2 N–H and O–H groups in total. The summed E-state index contributed by atoms with van der Waals surface area (Å²) in [4.78, 5) is 22.2. The van der Waals surface area contributed by atoms with Crippen molar-refractivity contribution in [3.05, 3.63) is 0 Å². The number of hydrogen-bond donors (Lipinski definition) is 2. The van der Waals surface area contributed by atoms with Crippen LogP contribution in [0.15, 0.2) is 0 Å². The number of carboxylic acids is 2. The van der Waals surface area contributed by atoms with Gasteiger partial charge in [0.15, 0.2) is 0 Å². The highest BCUT2D eigenvalue weighted by molar-refractivity contribution is 5.89. The van der Waals surface area contributed by atoms with Crippen LogP contribution in [0.5, 0.6) is 0 Å². The molecular formula is C10H16O4. The molecule has 0 aromatic rings. The average molecular weight is 200 g/mol. The predicted molar refractivity (Wildman–Crippen MR) is 49.9 cm³/mol. The van der Waals surface area contributed by atoms with E-state index in [1.165, 1.54) is 13.8 Å². The Bertz CT molecular complexity index is 307. The Hall–Kier alpha value is -1.06. The van der Waals surface area contributed by atoms with Crippen LogP contribution < -0.4 is 0 Å². The van der Waals surface area contributed by atoms with Crippen LogP contribution >= 0.6 is 0 Å². The van der Waals surface area contributed by atoms with Gasteiger partial charge in [0.25, 0.3) is 0 Å². The summed E-state index contributed by atoms with van der Waals surface area (Å²) in [6.07, 6.45) is 0.401. The number of hydrogen-bond acceptors (Lipinski definition) is 2. The van der Waals surface area contributed by atoms with E-state index in [9.17, 15) is 9.59 Å². The van der Waals surface area contributed by atoms with E-state index in [1.54, 1.807) is 13.8 Å². The fraction of sp³-hybridized carbons (Fsp3) is 0.800. The van der Waals surface area contributed by atoms with Gasteiger partial charge in [-0.3, -0.25) is 9.59 Å². The monoisotopic (exact) mass is 200 g/mol. The highest BCUT2D eigenvalue weighted by Gasteiger charge is 2.72. The smallest absolute Gasteiger partial charge is 0.311 e. The first-order chi connectivity index (χ1) is 6.09. The van der Waals surface area contributed by atoms with Gasteiger partial charge in [-0.2, -0.15) is 0 Å². The van der Waals surface area contributed by atoms with Crippen molar-refractivity contribution >= 4 is 11.9 Å². The molecule has 4 nitrogen and oxygen atoms in total. The molecule has 80 valence electrons. The van der Waals surface area contributed by atoms with Crippen molar-refractivity contribution in [2.45, 2.75) is 34.1 Å². The highest BCUT2D eigenvalue weighted by atomic mass is 16.4. The maximum absolute atomic E-state index is 11.2. The molecule has 0 saturated heterocycles. The summed E-state index contributed by atoms with van der Waals surface area (Å²) in [5.74, 6) is -2.06. The quantitative estimate of drug-likeness (QED) is 0.710. The van der Waals surface area contributed by atoms with E-state index < -0.39 is 28.2 Å². The third kappa shape index (κ3) is 0.885. The van der Waals surface area contributed by atoms with Crippen LogP contribution in [0.25, 0.3) is 0 Å². The fourth-order valence-corrected chi connectivity index (χ4v) is 2.69. The summed E-state index contributed by atoms with van der Waals surface area (Å²) < 4.78 is 0. The Morgan fingerprint density at radius 1 is 1.00 bits per heavy atom. The average Bonchev–Trinajstić information content (AvgIpc) is 2.00. The van der Waals surface area contributed by atoms with E-state index in [1.807, 2.05) is 0 Å². The van der Waals surface area contributed by atoms with Crippen molar-refractivity contribution in [3.8, 4) is 0 Å². The minimum Gasteiger partial charge on any atom is -0.481 e. The molecule has 2 atom stereocenters. The van der Waals surface area contributed by atoms with Gasteiger partial charge in [-0.15, -0.1) is 0 Å². The van der Waals surface area contributed by atoms with Gasteiger partial charge in [0, 0.05) is 0 Å². The van der Waals surface area contributed by atoms with Gasteiger partial charge in [0.05, 0.1) is 10.8 Å². The normalized spacial score (nSPS) is 40.0. The van der Waals surface area contributed by atoms with Crippen LogP contribution in [0.3, 0.4) is 0 Å². The van der Waals surface area contributed by atoms with Crippen molar-refractivity contribution in [2.75, 3.05) is 0 Å². The number of rotatable bonds is 2. The summed E-state index contributed by atoms with van der Waals surface area (Å²) >= 11 is 0. The Balaban J connectivity index is 3.21. The summed E-state index contributed by atoms with van der Waals surface area (Å²) in [6, 6.07) is 0. The van der Waals surface area contributed by atoms with Gasteiger partial charge in [-0.1, -0.05) is 13.8 Å². The summed E-state index contributed by atoms with van der Waals surface area (Å²) in [6.45, 7) is 6.62. The Kier molecular flexibility index (Phi) is 1.96. The minimum absolute atomic E-state index is 0.401. The molecule has 0 bridgehead atoms. The van der Waals surface area contributed by atoms with Gasteiger partial charge >= 0.3 is 11.9 Å². The molecule has 1 rings (SSSR count). The molecule has 1 aliphatic carbocycles. The molecule has 4 heteroatoms. The second kappa shape index (κ2) is 2.49. The Morgan fingerprint density at radius 2 is 1.43 bits per heavy atom. The fourth-order valence-electron chi connectivity index (χ4n) is 2.69. The molecule has 0 amide bonds. The predicted octanol–water partition coefficient (Wildman–Crippen LogP) is 1.60. The third-order valence-corrected chi connectivity index (χ3v) is 4.15. The lowest BCUT2D eigenvalue weighted by Gasteiger charge is -2.62. The van der Waals surface area contributed by atoms with Crippen molar-refractivity contribution < 1.29 is 19.8 Å². The second-order valence-corrected chi connectivity index (χ2v) is 5.13. The van der Waals surface area contributed by atoms with E-state index in [2.05, 4.69) is 0 Å². The maximum atomic E-state index is 11.2. The molecule has 14 heavy (non-hydrogen) atoms. The first-order valence-corrected chi connectivity index (χ1v) is 4.56. The SMILES string of the molecule is CC1(C)CC(C)(C(=O)O)C1(C)C(=O)O. The van der Waals surface area contributed by atoms with Gasteiger partial charge in [0.1, 0.15) is 0 Å². The molecule has 1 aliphatic rings. The minimum atomic E-state index is -1.19. The second-order valence-electron chi connectivity index (χ2n) is 5.13. The van der Waals surface area contributed by atoms with Crippen LogP contribution in [0.1, 0.15) is 34.1 Å². The number of carbonyl (C=O) groups is 2. The zero-order chi connectivity index (χ0) is 11.4. The Labute approximate surface area is 82.9 Å². The molecule has 0 spiro atoms. The lowest BCUT2D eigenvalue weighted by atomic mass is 9.38. The summed E-state index contributed by atoms with van der Waals surface area (Å²) in [7, 11) is 0. The van der Waals surface area contributed by atoms with Crippen LogP contribution in [0.2, 0.25) is 0 Å². The van der Waals surface area contributed by atoms with Crippen LogP contribution in [0.4, 0.5) is 0 Å². The standard InChI is InChI=1S/C10H16O4/c1-8(2)5-9(3,6(11)12)10(8,4)7(13)14/h5H2,1-4H3,(H,11,12)(H,13,14). The van der Waals surface area contributed by atoms with Gasteiger partial charge in [-0.05, 0) is 25.7 Å². The molecule has 0 aromatic heterocycles.